The van der Waals surface area contributed by atoms with Gasteiger partial charge in [-0.1, -0.05) is 6.58 Å². The Morgan fingerprint density at radius 2 is 1.15 bits per heavy atom. The van der Waals surface area contributed by atoms with Crippen molar-refractivity contribution in [3.05, 3.63) is 61.2 Å². The van der Waals surface area contributed by atoms with Crippen molar-refractivity contribution >= 4 is 38.1 Å². The largest absolute Gasteiger partial charge is 0.462 e. The summed E-state index contributed by atoms with van der Waals surface area (Å²) in [5, 5.41) is 0. The highest BCUT2D eigenvalue weighted by atomic mass is 32.2. The predicted molar refractivity (Wildman–Crippen MR) is 165 cm³/mol. The van der Waals surface area contributed by atoms with E-state index >= 15 is 0 Å². The van der Waals surface area contributed by atoms with Crippen molar-refractivity contribution < 1.29 is 58.5 Å². The Morgan fingerprint density at radius 1 is 0.702 bits per heavy atom. The molecule has 1 unspecified atom stereocenters. The number of hydrogen-bond acceptors (Lipinski definition) is 13. The lowest BCUT2D eigenvalue weighted by Crippen LogP contribution is -2.30. The van der Waals surface area contributed by atoms with Crippen molar-refractivity contribution in [2.75, 3.05) is 26.4 Å². The van der Waals surface area contributed by atoms with Crippen molar-refractivity contribution in [3.63, 3.8) is 0 Å². The summed E-state index contributed by atoms with van der Waals surface area (Å²) in [6.07, 6.45) is 5.35. The summed E-state index contributed by atoms with van der Waals surface area (Å²) < 4.78 is 80.4. The molecule has 2 aliphatic rings. The van der Waals surface area contributed by atoms with E-state index in [1.807, 2.05) is 0 Å². The number of ether oxygens (including phenoxy) is 4. The van der Waals surface area contributed by atoms with E-state index in [4.69, 9.17) is 27.3 Å². The Labute approximate surface area is 274 Å². The standard InChI is InChI=1S/C32H38O13S2/c1-2-30(33)40-19-5-21-43-47(38,39)29-17-13-26(14-18-29)45-32(35)24-9-7-23(8-10-24)31(34)44-25-11-15-28(16-12-25)46(36,37)42-20-4-3-6-27-22-41-27/h2,11-18,23-24,27H,1,3-10,19-22H2/t23-,24-,27?. The fraction of sp³-hybridized carbons (Fsp3) is 0.469. The molecule has 1 atom stereocenters. The summed E-state index contributed by atoms with van der Waals surface area (Å²) in [6, 6.07) is 10.6. The molecule has 0 spiro atoms. The van der Waals surface area contributed by atoms with Crippen LogP contribution in [-0.2, 0) is 52.5 Å². The van der Waals surface area contributed by atoms with Crippen molar-refractivity contribution in [2.45, 2.75) is 67.3 Å². The molecule has 15 heteroatoms. The highest BCUT2D eigenvalue weighted by Crippen LogP contribution is 2.32. The second kappa shape index (κ2) is 17.0. The maximum Gasteiger partial charge on any atom is 0.330 e. The molecule has 13 nitrogen and oxygen atoms in total. The zero-order valence-corrected chi connectivity index (χ0v) is 27.4. The van der Waals surface area contributed by atoms with E-state index in [0.717, 1.165) is 25.5 Å². The third-order valence-corrected chi connectivity index (χ3v) is 10.2. The van der Waals surface area contributed by atoms with Gasteiger partial charge in [-0.3, -0.25) is 18.0 Å². The van der Waals surface area contributed by atoms with Crippen molar-refractivity contribution in [3.8, 4) is 11.5 Å². The van der Waals surface area contributed by atoms with Crippen molar-refractivity contribution in [1.82, 2.24) is 0 Å². The normalized spacial score (nSPS) is 19.4. The van der Waals surface area contributed by atoms with Crippen LogP contribution < -0.4 is 9.47 Å². The lowest BCUT2D eigenvalue weighted by Gasteiger charge is -2.25. The molecule has 0 radical (unpaired) electrons. The molecule has 1 heterocycles. The monoisotopic (exact) mass is 694 g/mol. The van der Waals surface area contributed by atoms with Crippen LogP contribution in [0, 0.1) is 11.8 Å². The van der Waals surface area contributed by atoms with Crippen LogP contribution in [0.4, 0.5) is 0 Å². The number of hydrogen-bond donors (Lipinski definition) is 0. The van der Waals surface area contributed by atoms with E-state index < -0.39 is 50.0 Å². The highest BCUT2D eigenvalue weighted by molar-refractivity contribution is 7.87. The van der Waals surface area contributed by atoms with Gasteiger partial charge in [0.2, 0.25) is 0 Å². The van der Waals surface area contributed by atoms with Gasteiger partial charge in [-0.05, 0) is 93.5 Å². The highest BCUT2D eigenvalue weighted by Gasteiger charge is 2.32. The van der Waals surface area contributed by atoms with Gasteiger partial charge in [-0.2, -0.15) is 16.8 Å². The van der Waals surface area contributed by atoms with Gasteiger partial charge in [0.25, 0.3) is 20.2 Å². The molecular weight excluding hydrogens is 656 g/mol. The number of unbranched alkanes of at least 4 members (excludes halogenated alkanes) is 1. The van der Waals surface area contributed by atoms with Gasteiger partial charge in [-0.15, -0.1) is 0 Å². The van der Waals surface area contributed by atoms with Gasteiger partial charge >= 0.3 is 17.9 Å². The fourth-order valence-corrected chi connectivity index (χ4v) is 6.67. The van der Waals surface area contributed by atoms with Crippen LogP contribution in [0.25, 0.3) is 0 Å². The topological polar surface area (TPSA) is 178 Å². The summed E-state index contributed by atoms with van der Waals surface area (Å²) in [6.45, 7) is 3.90. The summed E-state index contributed by atoms with van der Waals surface area (Å²) in [5.74, 6) is -2.11. The maximum absolute atomic E-state index is 12.8. The summed E-state index contributed by atoms with van der Waals surface area (Å²) >= 11 is 0. The van der Waals surface area contributed by atoms with Gasteiger partial charge < -0.3 is 18.9 Å². The minimum atomic E-state index is -4.06. The van der Waals surface area contributed by atoms with Crippen LogP contribution in [0.2, 0.25) is 0 Å². The summed E-state index contributed by atoms with van der Waals surface area (Å²) in [5.41, 5.74) is 0. The van der Waals surface area contributed by atoms with E-state index in [0.29, 0.717) is 38.2 Å². The quantitative estimate of drug-likeness (QED) is 0.0544. The summed E-state index contributed by atoms with van der Waals surface area (Å²) in [4.78, 5) is 36.3. The van der Waals surface area contributed by atoms with Crippen LogP contribution in [0.3, 0.4) is 0 Å². The number of rotatable bonds is 18. The molecule has 1 saturated heterocycles. The zero-order chi connectivity index (χ0) is 33.9. The van der Waals surface area contributed by atoms with Gasteiger partial charge in [0, 0.05) is 12.5 Å². The molecule has 1 saturated carbocycles. The average Bonchev–Trinajstić information content (AvgIpc) is 3.89. The Hall–Kier alpha value is -3.63. The van der Waals surface area contributed by atoms with Gasteiger partial charge in [0.15, 0.2) is 0 Å². The second-order valence-electron chi connectivity index (χ2n) is 11.1. The number of esters is 3. The number of carbonyl (C=O) groups is 3. The first-order chi connectivity index (χ1) is 22.5. The first-order valence-electron chi connectivity index (χ1n) is 15.3. The molecule has 1 aliphatic heterocycles. The fourth-order valence-electron chi connectivity index (χ4n) is 4.79. The Morgan fingerprint density at radius 3 is 1.57 bits per heavy atom. The van der Waals surface area contributed by atoms with Crippen LogP contribution in [-0.4, -0.2) is 67.3 Å². The van der Waals surface area contributed by atoms with Crippen LogP contribution in [0.5, 0.6) is 11.5 Å². The molecule has 0 bridgehead atoms. The molecule has 0 amide bonds. The number of epoxide rings is 1. The number of carbonyl (C=O) groups excluding carboxylic acids is 3. The van der Waals surface area contributed by atoms with Crippen molar-refractivity contribution in [2.24, 2.45) is 11.8 Å². The lowest BCUT2D eigenvalue weighted by atomic mass is 9.82. The Balaban J connectivity index is 1.16. The first kappa shape index (κ1) is 36.2. The molecule has 47 heavy (non-hydrogen) atoms. The molecule has 2 fully saturated rings. The van der Waals surface area contributed by atoms with E-state index in [-0.39, 0.29) is 47.5 Å². The van der Waals surface area contributed by atoms with Crippen molar-refractivity contribution in [1.29, 1.82) is 0 Å². The minimum Gasteiger partial charge on any atom is -0.462 e. The van der Waals surface area contributed by atoms with Crippen LogP contribution in [0.1, 0.15) is 51.4 Å². The molecule has 0 N–H and O–H groups in total. The molecule has 2 aromatic carbocycles. The summed E-state index contributed by atoms with van der Waals surface area (Å²) in [7, 11) is -7.99. The minimum absolute atomic E-state index is 0.0194. The molecule has 2 aromatic rings. The van der Waals surface area contributed by atoms with Crippen LogP contribution in [0.15, 0.2) is 71.0 Å². The van der Waals surface area contributed by atoms with E-state index in [1.165, 1.54) is 48.5 Å². The SMILES string of the molecule is C=CC(=O)OCCCOS(=O)(=O)c1ccc(OC(=O)[C@H]2CC[C@H](C(=O)Oc3ccc(S(=O)(=O)OCCCCC4CO4)cc3)CC2)cc1. The molecule has 1 aliphatic carbocycles. The van der Waals surface area contributed by atoms with Gasteiger partial charge in [0.1, 0.15) is 11.5 Å². The molecule has 0 aromatic heterocycles. The first-order valence-corrected chi connectivity index (χ1v) is 18.1. The average molecular weight is 695 g/mol. The third kappa shape index (κ3) is 11.5. The van der Waals surface area contributed by atoms with E-state index in [9.17, 15) is 31.2 Å². The third-order valence-electron chi connectivity index (χ3n) is 7.55. The molecule has 4 rings (SSSR count). The molecular formula is C32H38O13S2. The van der Waals surface area contributed by atoms with Gasteiger partial charge in [-0.25, -0.2) is 4.79 Å². The predicted octanol–water partition coefficient (Wildman–Crippen LogP) is 4.10. The molecule has 256 valence electrons. The second-order valence-corrected chi connectivity index (χ2v) is 14.3. The maximum atomic E-state index is 12.8. The Kier molecular flexibility index (Phi) is 13.1. The van der Waals surface area contributed by atoms with E-state index in [1.54, 1.807) is 0 Å². The zero-order valence-electron chi connectivity index (χ0n) is 25.7. The van der Waals surface area contributed by atoms with Gasteiger partial charge in [0.05, 0.1) is 54.2 Å². The number of benzene rings is 2. The smallest absolute Gasteiger partial charge is 0.330 e. The lowest BCUT2D eigenvalue weighted by molar-refractivity contribution is -0.145. The van der Waals surface area contributed by atoms with Crippen LogP contribution >= 0.6 is 0 Å². The Bertz CT molecular complexity index is 1590. The van der Waals surface area contributed by atoms with E-state index in [2.05, 4.69) is 6.58 Å².